The fourth-order valence-electron chi connectivity index (χ4n) is 2.81. The Kier molecular flexibility index (Phi) is 6.92. The van der Waals surface area contributed by atoms with E-state index in [1.165, 1.54) is 5.56 Å². The Morgan fingerprint density at radius 1 is 1.00 bits per heavy atom. The average Bonchev–Trinajstić information content (AvgIpc) is 2.66. The van der Waals surface area contributed by atoms with E-state index in [9.17, 15) is 0 Å². The van der Waals surface area contributed by atoms with Gasteiger partial charge < -0.3 is 10.2 Å². The molecule has 3 rings (SSSR count). The molecule has 1 aliphatic heterocycles. The quantitative estimate of drug-likeness (QED) is 0.719. The zero-order valence-electron chi connectivity index (χ0n) is 14.4. The molecule has 0 radical (unpaired) electrons. The highest BCUT2D eigenvalue weighted by molar-refractivity contribution is 7.80. The Balaban J connectivity index is 1.44. The molecular formula is C20H21Cl2N3S. The molecule has 2 aromatic rings. The van der Waals surface area contributed by atoms with Crippen LogP contribution in [0.4, 0.5) is 5.69 Å². The molecule has 0 spiro atoms. The van der Waals surface area contributed by atoms with E-state index in [1.807, 2.05) is 12.1 Å². The van der Waals surface area contributed by atoms with Crippen molar-refractivity contribution in [2.24, 2.45) is 0 Å². The molecule has 0 aliphatic carbocycles. The van der Waals surface area contributed by atoms with E-state index >= 15 is 0 Å². The number of hydrogen-bond acceptors (Lipinski definition) is 2. The van der Waals surface area contributed by atoms with E-state index < -0.39 is 0 Å². The minimum atomic E-state index is 0.523. The maximum Gasteiger partial charge on any atom is 0.173 e. The first kappa shape index (κ1) is 19.2. The number of benzene rings is 2. The first-order valence-corrected chi connectivity index (χ1v) is 9.73. The molecule has 0 saturated carbocycles. The second-order valence-electron chi connectivity index (χ2n) is 6.16. The summed E-state index contributed by atoms with van der Waals surface area (Å²) in [6.45, 7) is 4.75. The maximum absolute atomic E-state index is 6.05. The van der Waals surface area contributed by atoms with Gasteiger partial charge in [0.1, 0.15) is 0 Å². The standard InChI is InChI=1S/C20H21Cl2N3S/c21-18-9-8-17(15-19(18)22)23-20(26)25-13-11-24(12-14-25)10-4-7-16-5-2-1-3-6-16/h1-9,15H,10-14H2,(H,23,26)/b7-4+. The summed E-state index contributed by atoms with van der Waals surface area (Å²) >= 11 is 17.5. The van der Waals surface area contributed by atoms with Crippen molar-refractivity contribution in [3.8, 4) is 0 Å². The van der Waals surface area contributed by atoms with E-state index in [0.29, 0.717) is 10.0 Å². The molecule has 1 N–H and O–H groups in total. The van der Waals surface area contributed by atoms with Crippen LogP contribution in [0.3, 0.4) is 0 Å². The molecule has 0 unspecified atom stereocenters. The van der Waals surface area contributed by atoms with Crippen molar-refractivity contribution >= 4 is 52.3 Å². The first-order chi connectivity index (χ1) is 12.6. The third kappa shape index (κ3) is 5.45. The third-order valence-electron chi connectivity index (χ3n) is 4.30. The van der Waals surface area contributed by atoms with Crippen molar-refractivity contribution < 1.29 is 0 Å². The Morgan fingerprint density at radius 2 is 1.73 bits per heavy atom. The van der Waals surface area contributed by atoms with Crippen LogP contribution < -0.4 is 5.32 Å². The highest BCUT2D eigenvalue weighted by Gasteiger charge is 2.18. The van der Waals surface area contributed by atoms with Crippen LogP contribution in [-0.4, -0.2) is 47.6 Å². The molecule has 136 valence electrons. The summed E-state index contributed by atoms with van der Waals surface area (Å²) in [6, 6.07) is 15.8. The van der Waals surface area contributed by atoms with Crippen LogP contribution in [0.25, 0.3) is 6.08 Å². The van der Waals surface area contributed by atoms with E-state index in [2.05, 4.69) is 51.5 Å². The van der Waals surface area contributed by atoms with Crippen LogP contribution in [0, 0.1) is 0 Å². The highest BCUT2D eigenvalue weighted by atomic mass is 35.5. The second-order valence-corrected chi connectivity index (χ2v) is 7.36. The molecule has 1 saturated heterocycles. The molecule has 0 aromatic heterocycles. The number of hydrogen-bond donors (Lipinski definition) is 1. The molecular weight excluding hydrogens is 385 g/mol. The predicted molar refractivity (Wildman–Crippen MR) is 116 cm³/mol. The van der Waals surface area contributed by atoms with Gasteiger partial charge in [0.15, 0.2) is 5.11 Å². The summed E-state index contributed by atoms with van der Waals surface area (Å²) in [5.41, 5.74) is 2.09. The number of thiocarbonyl (C=S) groups is 1. The highest BCUT2D eigenvalue weighted by Crippen LogP contribution is 2.25. The van der Waals surface area contributed by atoms with Gasteiger partial charge in [-0.05, 0) is 36.0 Å². The molecule has 2 aromatic carbocycles. The third-order valence-corrected chi connectivity index (χ3v) is 5.40. The van der Waals surface area contributed by atoms with Gasteiger partial charge in [-0.25, -0.2) is 0 Å². The van der Waals surface area contributed by atoms with Gasteiger partial charge in [0, 0.05) is 38.4 Å². The Bertz CT molecular complexity index is 772. The van der Waals surface area contributed by atoms with Crippen LogP contribution >= 0.6 is 35.4 Å². The fourth-order valence-corrected chi connectivity index (χ4v) is 3.41. The Labute approximate surface area is 170 Å². The first-order valence-electron chi connectivity index (χ1n) is 8.57. The van der Waals surface area contributed by atoms with E-state index in [1.54, 1.807) is 12.1 Å². The van der Waals surface area contributed by atoms with E-state index in [4.69, 9.17) is 35.4 Å². The minimum absolute atomic E-state index is 0.523. The van der Waals surface area contributed by atoms with Crippen molar-refractivity contribution in [2.75, 3.05) is 38.0 Å². The lowest BCUT2D eigenvalue weighted by Crippen LogP contribution is -2.49. The second kappa shape index (κ2) is 9.38. The molecule has 0 bridgehead atoms. The van der Waals surface area contributed by atoms with Gasteiger partial charge in [0.05, 0.1) is 10.0 Å². The van der Waals surface area contributed by atoms with Gasteiger partial charge in [0.2, 0.25) is 0 Å². The number of nitrogens with one attached hydrogen (secondary N) is 1. The Hall–Kier alpha value is -1.59. The van der Waals surface area contributed by atoms with Crippen LogP contribution in [0.5, 0.6) is 0 Å². The van der Waals surface area contributed by atoms with Gasteiger partial charge in [-0.2, -0.15) is 0 Å². The lowest BCUT2D eigenvalue weighted by molar-refractivity contribution is 0.200. The monoisotopic (exact) mass is 405 g/mol. The molecule has 1 heterocycles. The summed E-state index contributed by atoms with van der Waals surface area (Å²) in [5.74, 6) is 0. The van der Waals surface area contributed by atoms with Gasteiger partial charge >= 0.3 is 0 Å². The Morgan fingerprint density at radius 3 is 2.42 bits per heavy atom. The molecule has 1 fully saturated rings. The maximum atomic E-state index is 6.05. The summed E-state index contributed by atoms with van der Waals surface area (Å²) in [7, 11) is 0. The number of rotatable bonds is 4. The van der Waals surface area contributed by atoms with E-state index in [0.717, 1.165) is 43.5 Å². The fraction of sp³-hybridized carbons (Fsp3) is 0.250. The summed E-state index contributed by atoms with van der Waals surface area (Å²) < 4.78 is 0. The number of anilines is 1. The van der Waals surface area contributed by atoms with Crippen LogP contribution in [0.1, 0.15) is 5.56 Å². The van der Waals surface area contributed by atoms with Gasteiger partial charge in [-0.1, -0.05) is 65.7 Å². The van der Waals surface area contributed by atoms with Gasteiger partial charge in [-0.15, -0.1) is 0 Å². The summed E-state index contributed by atoms with van der Waals surface area (Å²) in [6.07, 6.45) is 4.39. The van der Waals surface area contributed by atoms with Crippen molar-refractivity contribution in [3.63, 3.8) is 0 Å². The van der Waals surface area contributed by atoms with E-state index in [-0.39, 0.29) is 0 Å². The summed E-state index contributed by atoms with van der Waals surface area (Å²) in [5, 5.41) is 5.03. The smallest absolute Gasteiger partial charge is 0.173 e. The zero-order valence-corrected chi connectivity index (χ0v) is 16.7. The topological polar surface area (TPSA) is 18.5 Å². The molecule has 26 heavy (non-hydrogen) atoms. The normalized spacial score (nSPS) is 15.4. The lowest BCUT2D eigenvalue weighted by atomic mass is 10.2. The molecule has 6 heteroatoms. The van der Waals surface area contributed by atoms with Crippen molar-refractivity contribution in [2.45, 2.75) is 0 Å². The average molecular weight is 406 g/mol. The van der Waals surface area contributed by atoms with Crippen LogP contribution in [0.2, 0.25) is 10.0 Å². The van der Waals surface area contributed by atoms with Gasteiger partial charge in [0.25, 0.3) is 0 Å². The van der Waals surface area contributed by atoms with Crippen LogP contribution in [0.15, 0.2) is 54.6 Å². The SMILES string of the molecule is S=C(Nc1ccc(Cl)c(Cl)c1)N1CCN(C/C=C/c2ccccc2)CC1. The summed E-state index contributed by atoms with van der Waals surface area (Å²) in [4.78, 5) is 4.62. The molecule has 0 amide bonds. The van der Waals surface area contributed by atoms with Crippen molar-refractivity contribution in [3.05, 3.63) is 70.2 Å². The van der Waals surface area contributed by atoms with Crippen LogP contribution in [-0.2, 0) is 0 Å². The number of piperazine rings is 1. The minimum Gasteiger partial charge on any atom is -0.346 e. The number of nitrogens with zero attached hydrogens (tertiary/aromatic N) is 2. The largest absolute Gasteiger partial charge is 0.346 e. The van der Waals surface area contributed by atoms with Gasteiger partial charge in [-0.3, -0.25) is 4.90 Å². The van der Waals surface area contributed by atoms with Crippen molar-refractivity contribution in [1.29, 1.82) is 0 Å². The predicted octanol–water partition coefficient (Wildman–Crippen LogP) is 5.02. The zero-order chi connectivity index (χ0) is 18.4. The number of halogens is 2. The van der Waals surface area contributed by atoms with Crippen molar-refractivity contribution in [1.82, 2.24) is 9.80 Å². The molecule has 0 atom stereocenters. The molecule has 3 nitrogen and oxygen atoms in total. The lowest BCUT2D eigenvalue weighted by Gasteiger charge is -2.35. The molecule has 1 aliphatic rings.